The zero-order valence-corrected chi connectivity index (χ0v) is 11.4. The van der Waals surface area contributed by atoms with Crippen LogP contribution < -0.4 is 0 Å². The molecule has 2 aliphatic carbocycles. The molecule has 4 unspecified atom stereocenters. The average molecular weight is 253 g/mol. The molecule has 3 rings (SSSR count). The Hall–Kier alpha value is -0.120. The Morgan fingerprint density at radius 3 is 2.50 bits per heavy atom. The van der Waals surface area contributed by atoms with Gasteiger partial charge in [-0.15, -0.1) is 0 Å². The Kier molecular flexibility index (Phi) is 4.22. The van der Waals surface area contributed by atoms with Crippen molar-refractivity contribution < 1.29 is 9.84 Å². The largest absolute Gasteiger partial charge is 0.391 e. The lowest BCUT2D eigenvalue weighted by molar-refractivity contribution is -0.119. The summed E-state index contributed by atoms with van der Waals surface area (Å²) in [7, 11) is 0. The highest BCUT2D eigenvalue weighted by atomic mass is 16.5. The molecule has 1 aliphatic heterocycles. The summed E-state index contributed by atoms with van der Waals surface area (Å²) < 4.78 is 5.95. The molecule has 0 amide bonds. The van der Waals surface area contributed by atoms with Gasteiger partial charge in [-0.05, 0) is 25.7 Å². The number of ether oxygens (including phenoxy) is 1. The third kappa shape index (κ3) is 2.59. The highest BCUT2D eigenvalue weighted by Gasteiger charge is 2.39. The average Bonchev–Trinajstić information content (AvgIpc) is 2.63. The van der Waals surface area contributed by atoms with Crippen LogP contribution in [-0.2, 0) is 4.74 Å². The zero-order chi connectivity index (χ0) is 12.4. The first-order valence-corrected chi connectivity index (χ1v) is 7.91. The van der Waals surface area contributed by atoms with E-state index in [1.165, 1.54) is 51.4 Å². The number of rotatable bonds is 1. The first-order valence-electron chi connectivity index (χ1n) is 7.91. The van der Waals surface area contributed by atoms with Crippen molar-refractivity contribution in [1.82, 2.24) is 4.90 Å². The van der Waals surface area contributed by atoms with Crippen LogP contribution in [-0.4, -0.2) is 47.4 Å². The molecule has 0 aromatic carbocycles. The van der Waals surface area contributed by atoms with E-state index in [1.807, 2.05) is 0 Å². The van der Waals surface area contributed by atoms with Gasteiger partial charge in [-0.25, -0.2) is 0 Å². The van der Waals surface area contributed by atoms with Gasteiger partial charge in [0.05, 0.1) is 18.8 Å². The van der Waals surface area contributed by atoms with Crippen molar-refractivity contribution in [2.75, 3.05) is 13.2 Å². The third-order valence-electron chi connectivity index (χ3n) is 5.15. The number of morpholine rings is 1. The molecule has 2 saturated carbocycles. The molecule has 0 spiro atoms. The predicted octanol–water partition coefficient (Wildman–Crippen LogP) is 2.32. The van der Waals surface area contributed by atoms with E-state index in [9.17, 15) is 5.11 Å². The number of nitrogens with zero attached hydrogens (tertiary/aromatic N) is 1. The Balaban J connectivity index is 1.71. The summed E-state index contributed by atoms with van der Waals surface area (Å²) in [6.07, 6.45) is 11.5. The molecule has 104 valence electrons. The summed E-state index contributed by atoms with van der Waals surface area (Å²) in [5.74, 6) is 0. The maximum Gasteiger partial charge on any atom is 0.0731 e. The van der Waals surface area contributed by atoms with Gasteiger partial charge in [0, 0.05) is 18.6 Å². The fourth-order valence-corrected chi connectivity index (χ4v) is 4.19. The molecule has 1 N–H and O–H groups in total. The minimum atomic E-state index is -0.104. The predicted molar refractivity (Wildman–Crippen MR) is 71.6 cm³/mol. The third-order valence-corrected chi connectivity index (χ3v) is 5.15. The van der Waals surface area contributed by atoms with Gasteiger partial charge in [-0.2, -0.15) is 0 Å². The summed E-state index contributed by atoms with van der Waals surface area (Å²) in [5.41, 5.74) is 0. The second-order valence-electron chi connectivity index (χ2n) is 6.27. The summed E-state index contributed by atoms with van der Waals surface area (Å²) in [5, 5.41) is 10.4. The second-order valence-corrected chi connectivity index (χ2v) is 6.27. The van der Waals surface area contributed by atoms with Gasteiger partial charge >= 0.3 is 0 Å². The minimum Gasteiger partial charge on any atom is -0.391 e. The van der Waals surface area contributed by atoms with Crippen LogP contribution in [0.3, 0.4) is 0 Å². The number of hydrogen-bond donors (Lipinski definition) is 1. The van der Waals surface area contributed by atoms with Crippen molar-refractivity contribution in [3.05, 3.63) is 0 Å². The number of fused-ring (bicyclic) bond motifs is 1. The minimum absolute atomic E-state index is 0.104. The molecule has 0 radical (unpaired) electrons. The van der Waals surface area contributed by atoms with E-state index in [1.54, 1.807) is 0 Å². The van der Waals surface area contributed by atoms with Crippen LogP contribution in [0.4, 0.5) is 0 Å². The maximum atomic E-state index is 10.4. The van der Waals surface area contributed by atoms with Crippen molar-refractivity contribution >= 4 is 0 Å². The number of aliphatic hydroxyl groups excluding tert-OH is 1. The SMILES string of the molecule is OC1CCCCCC1N1CCOC2CCCCC21. The lowest BCUT2D eigenvalue weighted by Crippen LogP contribution is -2.58. The molecule has 3 aliphatic rings. The van der Waals surface area contributed by atoms with Crippen LogP contribution in [0.1, 0.15) is 57.8 Å². The quantitative estimate of drug-likeness (QED) is 0.728. The first kappa shape index (κ1) is 12.9. The van der Waals surface area contributed by atoms with E-state index >= 15 is 0 Å². The summed E-state index contributed by atoms with van der Waals surface area (Å²) >= 11 is 0. The number of aliphatic hydroxyl groups is 1. The normalized spacial score (nSPS) is 43.2. The van der Waals surface area contributed by atoms with Gasteiger partial charge in [0.25, 0.3) is 0 Å². The Morgan fingerprint density at radius 2 is 1.56 bits per heavy atom. The first-order chi connectivity index (χ1) is 8.86. The lowest BCUT2D eigenvalue weighted by atomic mass is 9.88. The van der Waals surface area contributed by atoms with Crippen molar-refractivity contribution in [1.29, 1.82) is 0 Å². The van der Waals surface area contributed by atoms with E-state index < -0.39 is 0 Å². The molecule has 1 saturated heterocycles. The molecule has 3 heteroatoms. The molecule has 4 atom stereocenters. The molecule has 0 aromatic rings. The van der Waals surface area contributed by atoms with E-state index in [-0.39, 0.29) is 6.10 Å². The van der Waals surface area contributed by atoms with E-state index in [4.69, 9.17) is 4.74 Å². The van der Waals surface area contributed by atoms with Crippen LogP contribution >= 0.6 is 0 Å². The molecule has 0 aromatic heterocycles. The highest BCUT2D eigenvalue weighted by molar-refractivity contribution is 4.93. The summed E-state index contributed by atoms with van der Waals surface area (Å²) in [4.78, 5) is 2.61. The standard InChI is InChI=1S/C15H27NO2/c17-14-8-3-1-2-6-12(14)16-10-11-18-15-9-5-4-7-13(15)16/h12-15,17H,1-11H2. The van der Waals surface area contributed by atoms with Crippen molar-refractivity contribution in [3.63, 3.8) is 0 Å². The molecule has 0 bridgehead atoms. The Labute approximate surface area is 110 Å². The fraction of sp³-hybridized carbons (Fsp3) is 1.00. The van der Waals surface area contributed by atoms with Gasteiger partial charge in [0.2, 0.25) is 0 Å². The molecular weight excluding hydrogens is 226 g/mol. The van der Waals surface area contributed by atoms with Gasteiger partial charge in [0.1, 0.15) is 0 Å². The molecule has 1 heterocycles. The van der Waals surface area contributed by atoms with E-state index in [0.29, 0.717) is 18.2 Å². The van der Waals surface area contributed by atoms with Crippen LogP contribution in [0.25, 0.3) is 0 Å². The van der Waals surface area contributed by atoms with Crippen molar-refractivity contribution in [3.8, 4) is 0 Å². The van der Waals surface area contributed by atoms with Crippen LogP contribution in [0.2, 0.25) is 0 Å². The monoisotopic (exact) mass is 253 g/mol. The van der Waals surface area contributed by atoms with E-state index in [0.717, 1.165) is 19.6 Å². The zero-order valence-electron chi connectivity index (χ0n) is 11.4. The van der Waals surface area contributed by atoms with Gasteiger partial charge in [-0.3, -0.25) is 4.90 Å². The molecular formula is C15H27NO2. The summed E-state index contributed by atoms with van der Waals surface area (Å²) in [6.45, 7) is 1.90. The van der Waals surface area contributed by atoms with Crippen molar-refractivity contribution in [2.24, 2.45) is 0 Å². The smallest absolute Gasteiger partial charge is 0.0731 e. The molecule has 3 fully saturated rings. The van der Waals surface area contributed by atoms with Gasteiger partial charge in [-0.1, -0.05) is 32.1 Å². The van der Waals surface area contributed by atoms with Crippen LogP contribution in [0.5, 0.6) is 0 Å². The lowest BCUT2D eigenvalue weighted by Gasteiger charge is -2.48. The Morgan fingerprint density at radius 1 is 0.833 bits per heavy atom. The van der Waals surface area contributed by atoms with Crippen molar-refractivity contribution in [2.45, 2.75) is 82.1 Å². The number of hydrogen-bond acceptors (Lipinski definition) is 3. The molecule has 18 heavy (non-hydrogen) atoms. The Bertz CT molecular complexity index is 269. The second kappa shape index (κ2) is 5.89. The fourth-order valence-electron chi connectivity index (χ4n) is 4.19. The van der Waals surface area contributed by atoms with Gasteiger partial charge in [0.15, 0.2) is 0 Å². The van der Waals surface area contributed by atoms with Crippen LogP contribution in [0.15, 0.2) is 0 Å². The summed E-state index contributed by atoms with van der Waals surface area (Å²) in [6, 6.07) is 0.993. The van der Waals surface area contributed by atoms with Crippen LogP contribution in [0, 0.1) is 0 Å². The van der Waals surface area contributed by atoms with E-state index in [2.05, 4.69) is 4.90 Å². The topological polar surface area (TPSA) is 32.7 Å². The molecule has 3 nitrogen and oxygen atoms in total. The highest BCUT2D eigenvalue weighted by Crippen LogP contribution is 2.33. The van der Waals surface area contributed by atoms with Gasteiger partial charge < -0.3 is 9.84 Å². The maximum absolute atomic E-state index is 10.4.